The molecule has 2 aromatic rings. The number of nitrogens with one attached hydrogen (secondary N) is 1. The molecule has 1 aromatic carbocycles. The van der Waals surface area contributed by atoms with Gasteiger partial charge in [-0.15, -0.1) is 0 Å². The van der Waals surface area contributed by atoms with Gasteiger partial charge in [-0.2, -0.15) is 0 Å². The van der Waals surface area contributed by atoms with Crippen LogP contribution in [0, 0.1) is 13.8 Å². The van der Waals surface area contributed by atoms with Crippen molar-refractivity contribution in [2.75, 3.05) is 7.05 Å². The molecule has 1 aromatic heterocycles. The SMILES string of the molecule is CNCc1ccncc1Oc1ccc(C)cc1C. The average Bonchev–Trinajstić information content (AvgIpc) is 2.35. The van der Waals surface area contributed by atoms with Gasteiger partial charge in [-0.25, -0.2) is 0 Å². The van der Waals surface area contributed by atoms with Crippen molar-refractivity contribution in [3.8, 4) is 11.5 Å². The number of nitrogens with zero attached hydrogens (tertiary/aromatic N) is 1. The normalized spacial score (nSPS) is 10.4. The zero-order valence-corrected chi connectivity index (χ0v) is 11.0. The van der Waals surface area contributed by atoms with Gasteiger partial charge in [0.1, 0.15) is 11.5 Å². The molecular weight excluding hydrogens is 224 g/mol. The van der Waals surface area contributed by atoms with Crippen LogP contribution in [0.2, 0.25) is 0 Å². The van der Waals surface area contributed by atoms with Crippen molar-refractivity contribution < 1.29 is 4.74 Å². The molecule has 3 nitrogen and oxygen atoms in total. The first-order chi connectivity index (χ1) is 8.70. The lowest BCUT2D eigenvalue weighted by molar-refractivity contribution is 0.468. The Kier molecular flexibility index (Phi) is 3.95. The Morgan fingerprint density at radius 1 is 1.17 bits per heavy atom. The van der Waals surface area contributed by atoms with Gasteiger partial charge in [0.2, 0.25) is 0 Å². The number of benzene rings is 1. The standard InChI is InChI=1S/C15H18N2O/c1-11-4-5-14(12(2)8-11)18-15-10-17-7-6-13(15)9-16-3/h4-8,10,16H,9H2,1-3H3. The van der Waals surface area contributed by atoms with E-state index in [0.29, 0.717) is 0 Å². The number of hydrogen-bond acceptors (Lipinski definition) is 3. The number of hydrogen-bond donors (Lipinski definition) is 1. The van der Waals surface area contributed by atoms with E-state index in [1.165, 1.54) is 5.56 Å². The molecule has 0 fully saturated rings. The van der Waals surface area contributed by atoms with E-state index in [1.54, 1.807) is 12.4 Å². The smallest absolute Gasteiger partial charge is 0.150 e. The van der Waals surface area contributed by atoms with E-state index in [9.17, 15) is 0 Å². The fourth-order valence-corrected chi connectivity index (χ4v) is 1.87. The van der Waals surface area contributed by atoms with E-state index in [1.807, 2.05) is 19.2 Å². The molecule has 0 aliphatic rings. The second-order valence-corrected chi connectivity index (χ2v) is 4.38. The zero-order chi connectivity index (χ0) is 13.0. The second kappa shape index (κ2) is 5.65. The summed E-state index contributed by atoms with van der Waals surface area (Å²) in [5.74, 6) is 1.68. The van der Waals surface area contributed by atoms with Crippen molar-refractivity contribution >= 4 is 0 Å². The lowest BCUT2D eigenvalue weighted by Crippen LogP contribution is -2.06. The molecule has 0 saturated carbocycles. The van der Waals surface area contributed by atoms with E-state index < -0.39 is 0 Å². The quantitative estimate of drug-likeness (QED) is 0.894. The first-order valence-corrected chi connectivity index (χ1v) is 6.03. The molecule has 0 saturated heterocycles. The molecule has 1 heterocycles. The lowest BCUT2D eigenvalue weighted by atomic mass is 10.1. The van der Waals surface area contributed by atoms with Gasteiger partial charge in [0.25, 0.3) is 0 Å². The fraction of sp³-hybridized carbons (Fsp3) is 0.267. The van der Waals surface area contributed by atoms with Crippen molar-refractivity contribution in [1.29, 1.82) is 0 Å². The van der Waals surface area contributed by atoms with Gasteiger partial charge in [-0.1, -0.05) is 17.7 Å². The topological polar surface area (TPSA) is 34.2 Å². The third kappa shape index (κ3) is 2.87. The van der Waals surface area contributed by atoms with E-state index in [4.69, 9.17) is 4.74 Å². The predicted octanol–water partition coefficient (Wildman–Crippen LogP) is 3.21. The van der Waals surface area contributed by atoms with E-state index in [2.05, 4.69) is 36.3 Å². The number of ether oxygens (including phenoxy) is 1. The van der Waals surface area contributed by atoms with Gasteiger partial charge in [-0.05, 0) is 38.6 Å². The molecule has 0 bridgehead atoms. The molecule has 0 spiro atoms. The summed E-state index contributed by atoms with van der Waals surface area (Å²) in [6, 6.07) is 8.13. The third-order valence-electron chi connectivity index (χ3n) is 2.79. The molecule has 0 aliphatic heterocycles. The minimum absolute atomic E-state index is 0.767. The largest absolute Gasteiger partial charge is 0.455 e. The van der Waals surface area contributed by atoms with Gasteiger partial charge in [-0.3, -0.25) is 4.98 Å². The highest BCUT2D eigenvalue weighted by Gasteiger charge is 2.06. The number of pyridine rings is 1. The Hall–Kier alpha value is -1.87. The molecule has 0 amide bonds. The van der Waals surface area contributed by atoms with Crippen LogP contribution in [0.15, 0.2) is 36.7 Å². The van der Waals surface area contributed by atoms with Crippen LogP contribution in [0.5, 0.6) is 11.5 Å². The summed E-state index contributed by atoms with van der Waals surface area (Å²) in [5.41, 5.74) is 3.48. The molecule has 0 radical (unpaired) electrons. The Bertz CT molecular complexity index is 538. The lowest BCUT2D eigenvalue weighted by Gasteiger charge is -2.12. The Balaban J connectivity index is 2.28. The van der Waals surface area contributed by atoms with E-state index in [-0.39, 0.29) is 0 Å². The van der Waals surface area contributed by atoms with Crippen LogP contribution in [0.3, 0.4) is 0 Å². The highest BCUT2D eigenvalue weighted by Crippen LogP contribution is 2.27. The highest BCUT2D eigenvalue weighted by molar-refractivity contribution is 5.41. The fourth-order valence-electron chi connectivity index (χ4n) is 1.87. The van der Waals surface area contributed by atoms with Crippen LogP contribution < -0.4 is 10.1 Å². The monoisotopic (exact) mass is 242 g/mol. The molecular formula is C15H18N2O. The van der Waals surface area contributed by atoms with Crippen molar-refractivity contribution in [1.82, 2.24) is 10.3 Å². The van der Waals surface area contributed by atoms with Crippen LogP contribution in [0.4, 0.5) is 0 Å². The van der Waals surface area contributed by atoms with Crippen molar-refractivity contribution in [3.05, 3.63) is 53.3 Å². The van der Waals surface area contributed by atoms with Crippen molar-refractivity contribution in [2.24, 2.45) is 0 Å². The molecule has 0 unspecified atom stereocenters. The van der Waals surface area contributed by atoms with Gasteiger partial charge < -0.3 is 10.1 Å². The van der Waals surface area contributed by atoms with Crippen LogP contribution >= 0.6 is 0 Å². The molecule has 1 N–H and O–H groups in total. The summed E-state index contributed by atoms with van der Waals surface area (Å²) >= 11 is 0. The highest BCUT2D eigenvalue weighted by atomic mass is 16.5. The average molecular weight is 242 g/mol. The van der Waals surface area contributed by atoms with Crippen molar-refractivity contribution in [2.45, 2.75) is 20.4 Å². The van der Waals surface area contributed by atoms with Gasteiger partial charge in [0, 0.05) is 18.3 Å². The summed E-state index contributed by atoms with van der Waals surface area (Å²) in [4.78, 5) is 4.12. The minimum Gasteiger partial charge on any atom is -0.455 e. The summed E-state index contributed by atoms with van der Waals surface area (Å²) in [6.45, 7) is 4.90. The second-order valence-electron chi connectivity index (χ2n) is 4.38. The third-order valence-corrected chi connectivity index (χ3v) is 2.79. The Morgan fingerprint density at radius 3 is 2.72 bits per heavy atom. The van der Waals surface area contributed by atoms with Crippen molar-refractivity contribution in [3.63, 3.8) is 0 Å². The number of aryl methyl sites for hydroxylation is 2. The van der Waals surface area contributed by atoms with Gasteiger partial charge in [0.05, 0.1) is 6.20 Å². The Morgan fingerprint density at radius 2 is 2.00 bits per heavy atom. The molecule has 18 heavy (non-hydrogen) atoms. The number of rotatable bonds is 4. The first-order valence-electron chi connectivity index (χ1n) is 6.03. The maximum Gasteiger partial charge on any atom is 0.150 e. The van der Waals surface area contributed by atoms with Gasteiger partial charge >= 0.3 is 0 Å². The molecule has 3 heteroatoms. The minimum atomic E-state index is 0.767. The summed E-state index contributed by atoms with van der Waals surface area (Å²) < 4.78 is 5.95. The van der Waals surface area contributed by atoms with Gasteiger partial charge in [0.15, 0.2) is 0 Å². The molecule has 2 rings (SSSR count). The van der Waals surface area contributed by atoms with E-state index in [0.717, 1.165) is 29.2 Å². The zero-order valence-electron chi connectivity index (χ0n) is 11.0. The molecule has 0 aliphatic carbocycles. The first kappa shape index (κ1) is 12.6. The maximum atomic E-state index is 5.95. The summed E-state index contributed by atoms with van der Waals surface area (Å²) in [7, 11) is 1.92. The summed E-state index contributed by atoms with van der Waals surface area (Å²) in [6.07, 6.45) is 3.54. The van der Waals surface area contributed by atoms with Crippen LogP contribution in [-0.2, 0) is 6.54 Å². The van der Waals surface area contributed by atoms with Crippen LogP contribution in [0.1, 0.15) is 16.7 Å². The molecule has 0 atom stereocenters. The Labute approximate surface area is 108 Å². The predicted molar refractivity (Wildman–Crippen MR) is 73.0 cm³/mol. The molecule has 94 valence electrons. The van der Waals surface area contributed by atoms with Crippen LogP contribution in [-0.4, -0.2) is 12.0 Å². The maximum absolute atomic E-state index is 5.95. The summed E-state index contributed by atoms with van der Waals surface area (Å²) in [5, 5.41) is 3.13. The van der Waals surface area contributed by atoms with Crippen LogP contribution in [0.25, 0.3) is 0 Å². The number of aromatic nitrogens is 1. The van der Waals surface area contributed by atoms with E-state index >= 15 is 0 Å².